The fourth-order valence-corrected chi connectivity index (χ4v) is 2.79. The molecule has 112 valence electrons. The third kappa shape index (κ3) is 3.99. The average molecular weight is 280 g/mol. The van der Waals surface area contributed by atoms with Crippen molar-refractivity contribution in [1.82, 2.24) is 10.2 Å². The number of rotatable bonds is 2. The highest BCUT2D eigenvalue weighted by Crippen LogP contribution is 2.32. The van der Waals surface area contributed by atoms with E-state index in [1.165, 1.54) is 0 Å². The predicted octanol–water partition coefficient (Wildman–Crippen LogP) is 1.94. The molecule has 2 amide bonds. The fraction of sp³-hybridized carbons (Fsp3) is 0.733. The van der Waals surface area contributed by atoms with Crippen LogP contribution in [-0.4, -0.2) is 42.1 Å². The third-order valence-electron chi connectivity index (χ3n) is 3.76. The van der Waals surface area contributed by atoms with Crippen LogP contribution >= 0.6 is 0 Å². The third-order valence-corrected chi connectivity index (χ3v) is 3.76. The maximum Gasteiger partial charge on any atom is 0.408 e. The first-order chi connectivity index (χ1) is 9.35. The van der Waals surface area contributed by atoms with Gasteiger partial charge in [0.2, 0.25) is 5.91 Å². The zero-order valence-electron chi connectivity index (χ0n) is 12.5. The molecule has 2 atom stereocenters. The van der Waals surface area contributed by atoms with Crippen molar-refractivity contribution in [3.8, 4) is 0 Å². The van der Waals surface area contributed by atoms with Gasteiger partial charge in [-0.2, -0.15) is 0 Å². The predicted molar refractivity (Wildman–Crippen MR) is 76.2 cm³/mol. The van der Waals surface area contributed by atoms with Crippen LogP contribution in [0.25, 0.3) is 0 Å². The Morgan fingerprint density at radius 3 is 2.25 bits per heavy atom. The second kappa shape index (κ2) is 5.85. The van der Waals surface area contributed by atoms with Gasteiger partial charge in [0.15, 0.2) is 0 Å². The Bertz CT molecular complexity index is 396. The van der Waals surface area contributed by atoms with Crippen LogP contribution in [0.3, 0.4) is 0 Å². The number of alkyl carbamates (subject to hydrolysis) is 1. The first kappa shape index (κ1) is 14.9. The largest absolute Gasteiger partial charge is 0.444 e. The van der Waals surface area contributed by atoms with E-state index in [1.54, 1.807) is 20.8 Å². The van der Waals surface area contributed by atoms with Crippen LogP contribution in [0.5, 0.6) is 0 Å². The van der Waals surface area contributed by atoms with E-state index in [4.69, 9.17) is 4.74 Å². The maximum atomic E-state index is 12.1. The highest BCUT2D eigenvalue weighted by atomic mass is 16.6. The minimum absolute atomic E-state index is 0.0157. The monoisotopic (exact) mass is 280 g/mol. The molecule has 1 aliphatic carbocycles. The molecule has 1 aliphatic heterocycles. The second-order valence-corrected chi connectivity index (χ2v) is 6.62. The van der Waals surface area contributed by atoms with E-state index in [9.17, 15) is 9.59 Å². The van der Waals surface area contributed by atoms with Crippen LogP contribution in [0.1, 0.15) is 33.6 Å². The number of likely N-dealkylation sites (tertiary alicyclic amines) is 1. The molecule has 2 aliphatic rings. The lowest BCUT2D eigenvalue weighted by molar-refractivity contribution is -0.129. The van der Waals surface area contributed by atoms with Crippen molar-refractivity contribution in [2.45, 2.75) is 39.2 Å². The normalized spacial score (nSPS) is 25.2. The van der Waals surface area contributed by atoms with Gasteiger partial charge in [-0.3, -0.25) is 4.79 Å². The number of carbonyl (C=O) groups excluding carboxylic acids is 2. The number of hydrogen-bond donors (Lipinski definition) is 1. The Hall–Kier alpha value is -1.52. The van der Waals surface area contributed by atoms with Crippen LogP contribution in [0.2, 0.25) is 0 Å². The van der Waals surface area contributed by atoms with Crippen LogP contribution in [0.15, 0.2) is 12.2 Å². The Morgan fingerprint density at radius 2 is 1.75 bits per heavy atom. The minimum atomic E-state index is -0.540. The molecule has 5 nitrogen and oxygen atoms in total. The first-order valence-corrected chi connectivity index (χ1v) is 7.25. The number of amides is 2. The van der Waals surface area contributed by atoms with E-state index in [0.29, 0.717) is 11.8 Å². The Labute approximate surface area is 120 Å². The number of carbonyl (C=O) groups is 2. The molecule has 1 fully saturated rings. The van der Waals surface area contributed by atoms with Crippen molar-refractivity contribution < 1.29 is 14.3 Å². The topological polar surface area (TPSA) is 58.6 Å². The first-order valence-electron chi connectivity index (χ1n) is 7.25. The molecule has 0 radical (unpaired) electrons. The van der Waals surface area contributed by atoms with Gasteiger partial charge in [0.1, 0.15) is 12.1 Å². The summed E-state index contributed by atoms with van der Waals surface area (Å²) in [5.41, 5.74) is -0.540. The van der Waals surface area contributed by atoms with Gasteiger partial charge in [-0.25, -0.2) is 4.79 Å². The number of nitrogens with zero attached hydrogens (tertiary/aromatic N) is 1. The Balaban J connectivity index is 1.75. The van der Waals surface area contributed by atoms with Gasteiger partial charge in [-0.1, -0.05) is 12.2 Å². The summed E-state index contributed by atoms with van der Waals surface area (Å²) in [5, 5.41) is 2.53. The molecule has 20 heavy (non-hydrogen) atoms. The van der Waals surface area contributed by atoms with Gasteiger partial charge >= 0.3 is 6.09 Å². The van der Waals surface area contributed by atoms with Crippen molar-refractivity contribution in [2.24, 2.45) is 11.8 Å². The van der Waals surface area contributed by atoms with E-state index < -0.39 is 11.7 Å². The Morgan fingerprint density at radius 1 is 1.20 bits per heavy atom. The minimum Gasteiger partial charge on any atom is -0.444 e. The molecule has 0 aromatic rings. The number of ether oxygens (including phenoxy) is 1. The molecule has 5 heteroatoms. The SMILES string of the molecule is CC(C)(C)OC(=O)NCC(=O)N1CC2CC=CCC2C1. The van der Waals surface area contributed by atoms with E-state index in [2.05, 4.69) is 17.5 Å². The van der Waals surface area contributed by atoms with Gasteiger partial charge in [0, 0.05) is 13.1 Å². The molecule has 0 aromatic carbocycles. The van der Waals surface area contributed by atoms with Crippen molar-refractivity contribution in [3.05, 3.63) is 12.2 Å². The second-order valence-electron chi connectivity index (χ2n) is 6.62. The molecule has 0 saturated carbocycles. The summed E-state index contributed by atoms with van der Waals surface area (Å²) < 4.78 is 5.11. The van der Waals surface area contributed by atoms with Crippen molar-refractivity contribution in [3.63, 3.8) is 0 Å². The fourth-order valence-electron chi connectivity index (χ4n) is 2.79. The number of hydrogen-bond acceptors (Lipinski definition) is 3. The zero-order valence-corrected chi connectivity index (χ0v) is 12.5. The molecule has 2 rings (SSSR count). The van der Waals surface area contributed by atoms with E-state index in [-0.39, 0.29) is 12.5 Å². The van der Waals surface area contributed by atoms with Crippen LogP contribution in [0, 0.1) is 11.8 Å². The molecule has 1 heterocycles. The quantitative estimate of drug-likeness (QED) is 0.786. The molecule has 2 unspecified atom stereocenters. The standard InChI is InChI=1S/C15H24N2O3/c1-15(2,3)20-14(19)16-8-13(18)17-9-11-6-4-5-7-12(11)10-17/h4-5,11-12H,6-10H2,1-3H3,(H,16,19). The molecule has 1 N–H and O–H groups in total. The summed E-state index contributed by atoms with van der Waals surface area (Å²) in [6.07, 6.45) is 5.99. The van der Waals surface area contributed by atoms with Crippen LogP contribution in [-0.2, 0) is 9.53 Å². The molecule has 1 saturated heterocycles. The van der Waals surface area contributed by atoms with Crippen molar-refractivity contribution in [2.75, 3.05) is 19.6 Å². The Kier molecular flexibility index (Phi) is 4.35. The van der Waals surface area contributed by atoms with Crippen molar-refractivity contribution >= 4 is 12.0 Å². The van der Waals surface area contributed by atoms with E-state index in [0.717, 1.165) is 25.9 Å². The molecular weight excluding hydrogens is 256 g/mol. The van der Waals surface area contributed by atoms with Gasteiger partial charge in [-0.15, -0.1) is 0 Å². The average Bonchev–Trinajstić information content (AvgIpc) is 2.77. The number of allylic oxidation sites excluding steroid dienone is 2. The van der Waals surface area contributed by atoms with Gasteiger partial charge < -0.3 is 15.0 Å². The summed E-state index contributed by atoms with van der Waals surface area (Å²) >= 11 is 0. The summed E-state index contributed by atoms with van der Waals surface area (Å²) in [7, 11) is 0. The van der Waals surface area contributed by atoms with E-state index in [1.807, 2.05) is 4.90 Å². The van der Waals surface area contributed by atoms with E-state index >= 15 is 0 Å². The smallest absolute Gasteiger partial charge is 0.408 e. The maximum absolute atomic E-state index is 12.1. The number of nitrogens with one attached hydrogen (secondary N) is 1. The summed E-state index contributed by atoms with van der Waals surface area (Å²) in [6, 6.07) is 0. The summed E-state index contributed by atoms with van der Waals surface area (Å²) in [6.45, 7) is 7.03. The zero-order chi connectivity index (χ0) is 14.8. The lowest BCUT2D eigenvalue weighted by Gasteiger charge is -2.21. The summed E-state index contributed by atoms with van der Waals surface area (Å²) in [5.74, 6) is 1.15. The lowest BCUT2D eigenvalue weighted by Crippen LogP contribution is -2.41. The molecule has 0 aromatic heterocycles. The summed E-state index contributed by atoms with van der Waals surface area (Å²) in [4.78, 5) is 25.5. The van der Waals surface area contributed by atoms with Crippen LogP contribution in [0.4, 0.5) is 4.79 Å². The lowest BCUT2D eigenvalue weighted by atomic mass is 9.86. The highest BCUT2D eigenvalue weighted by Gasteiger charge is 2.34. The molecular formula is C15H24N2O3. The van der Waals surface area contributed by atoms with Gasteiger partial charge in [0.25, 0.3) is 0 Å². The number of fused-ring (bicyclic) bond motifs is 1. The molecule has 0 spiro atoms. The van der Waals surface area contributed by atoms with Gasteiger partial charge in [0.05, 0.1) is 0 Å². The van der Waals surface area contributed by atoms with Crippen molar-refractivity contribution in [1.29, 1.82) is 0 Å². The highest BCUT2D eigenvalue weighted by molar-refractivity contribution is 5.82. The molecule has 0 bridgehead atoms. The van der Waals surface area contributed by atoms with Crippen LogP contribution < -0.4 is 5.32 Å². The van der Waals surface area contributed by atoms with Gasteiger partial charge in [-0.05, 0) is 45.4 Å².